The molecule has 0 spiro atoms. The highest BCUT2D eigenvalue weighted by molar-refractivity contribution is 5.85. The molecule has 1 aliphatic heterocycles. The Morgan fingerprint density at radius 2 is 2.03 bits per heavy atom. The largest absolute Gasteiger partial charge is 0.392 e. The average Bonchev–Trinajstić information content (AvgIpc) is 3.11. The molecule has 0 unspecified atom stereocenters. The number of likely N-dealkylation sites (tertiary alicyclic amines) is 1. The third-order valence-electron chi connectivity index (χ3n) is 5.37. The first kappa shape index (κ1) is 22.2. The molecule has 0 radical (unpaired) electrons. The highest BCUT2D eigenvalue weighted by Gasteiger charge is 2.27. The van der Waals surface area contributed by atoms with E-state index in [1.807, 2.05) is 30.3 Å². The summed E-state index contributed by atoms with van der Waals surface area (Å²) in [7, 11) is 0. The fraction of sp³-hybridized carbons (Fsp3) is 0.409. The number of β-amino-alcohol motifs (C(OH)–C–C–N with tert-alkyl or cyclic N) is 1. The number of H-pyrrole nitrogens is 1. The Bertz CT molecular complexity index is 949. The van der Waals surface area contributed by atoms with Gasteiger partial charge in [0.2, 0.25) is 5.91 Å². The summed E-state index contributed by atoms with van der Waals surface area (Å²) in [4.78, 5) is 18.8. The molecular weight excluding hydrogens is 402 g/mol. The number of carbonyl (C=O) groups is 1. The fourth-order valence-corrected chi connectivity index (χ4v) is 4.04. The zero-order chi connectivity index (χ0) is 20.1. The topological polar surface area (TPSA) is 94.1 Å². The highest BCUT2D eigenvalue weighted by Crippen LogP contribution is 2.18. The fourth-order valence-electron chi connectivity index (χ4n) is 4.04. The van der Waals surface area contributed by atoms with Crippen molar-refractivity contribution >= 4 is 29.3 Å². The van der Waals surface area contributed by atoms with Crippen molar-refractivity contribution in [1.82, 2.24) is 25.4 Å². The predicted molar refractivity (Wildman–Crippen MR) is 118 cm³/mol. The van der Waals surface area contributed by atoms with Crippen molar-refractivity contribution in [3.05, 3.63) is 59.9 Å². The second kappa shape index (κ2) is 10.5. The number of rotatable bonds is 7. The number of aliphatic hydroxyl groups excluding tert-OH is 1. The van der Waals surface area contributed by atoms with Crippen molar-refractivity contribution in [3.63, 3.8) is 0 Å². The van der Waals surface area contributed by atoms with Crippen LogP contribution >= 0.6 is 12.4 Å². The van der Waals surface area contributed by atoms with Crippen LogP contribution in [0.2, 0.25) is 0 Å². The molecule has 1 saturated heterocycles. The summed E-state index contributed by atoms with van der Waals surface area (Å²) in [6.45, 7) is 1.93. The van der Waals surface area contributed by atoms with Crippen LogP contribution in [0.25, 0.3) is 11.0 Å². The van der Waals surface area contributed by atoms with Crippen LogP contribution in [0.5, 0.6) is 0 Å². The number of amides is 1. The Morgan fingerprint density at radius 3 is 2.87 bits per heavy atom. The predicted octanol–water partition coefficient (Wildman–Crippen LogP) is 2.45. The van der Waals surface area contributed by atoms with E-state index in [0.29, 0.717) is 38.1 Å². The molecule has 3 N–H and O–H groups in total. The molecule has 1 amide bonds. The Kier molecular flexibility index (Phi) is 7.79. The molecule has 0 saturated carbocycles. The monoisotopic (exact) mass is 429 g/mol. The van der Waals surface area contributed by atoms with E-state index in [0.717, 1.165) is 23.9 Å². The van der Waals surface area contributed by atoms with Crippen LogP contribution in [-0.2, 0) is 17.8 Å². The molecule has 4 rings (SSSR count). The molecule has 30 heavy (non-hydrogen) atoms. The lowest BCUT2D eigenvalue weighted by Crippen LogP contribution is -2.52. The number of aromatic nitrogens is 3. The lowest BCUT2D eigenvalue weighted by atomic mass is 10.0. The van der Waals surface area contributed by atoms with E-state index in [4.69, 9.17) is 0 Å². The maximum absolute atomic E-state index is 12.4. The lowest BCUT2D eigenvalue weighted by Gasteiger charge is -2.35. The molecule has 160 valence electrons. The lowest BCUT2D eigenvalue weighted by molar-refractivity contribution is -0.122. The first-order chi connectivity index (χ1) is 14.2. The van der Waals surface area contributed by atoms with Crippen molar-refractivity contribution in [2.45, 2.75) is 44.4 Å². The maximum Gasteiger partial charge on any atom is 0.220 e. The SMILES string of the molecule is Cl.O=C(CCCc1ccccc1)N[C@H]1C[C@@H](O)CN(Cc2[nH]nc3ncccc23)C1. The minimum absolute atomic E-state index is 0. The maximum atomic E-state index is 12.4. The molecule has 1 aromatic carbocycles. The van der Waals surface area contributed by atoms with Gasteiger partial charge in [-0.15, -0.1) is 12.4 Å². The van der Waals surface area contributed by atoms with Crippen LogP contribution < -0.4 is 5.32 Å². The standard InChI is InChI=1S/C22H27N5O2.ClH/c28-18-12-17(24-21(29)10-4-8-16-6-2-1-3-7-16)13-27(14-18)15-20-19-9-5-11-23-22(19)26-25-20;/h1-3,5-7,9,11,17-18,28H,4,8,10,12-15H2,(H,24,29)(H,23,25,26);1H/t17-,18+;/m0./s1. The molecule has 7 nitrogen and oxygen atoms in total. The number of halogens is 1. The van der Waals surface area contributed by atoms with Crippen LogP contribution in [0.3, 0.4) is 0 Å². The highest BCUT2D eigenvalue weighted by atomic mass is 35.5. The number of fused-ring (bicyclic) bond motifs is 1. The zero-order valence-corrected chi connectivity index (χ0v) is 17.6. The van der Waals surface area contributed by atoms with Crippen LogP contribution in [0, 0.1) is 0 Å². The molecule has 0 bridgehead atoms. The first-order valence-corrected chi connectivity index (χ1v) is 10.2. The second-order valence-electron chi connectivity index (χ2n) is 7.76. The van der Waals surface area contributed by atoms with E-state index in [1.54, 1.807) is 6.20 Å². The van der Waals surface area contributed by atoms with Gasteiger partial charge < -0.3 is 10.4 Å². The molecule has 2 atom stereocenters. The number of hydrogen-bond acceptors (Lipinski definition) is 5. The van der Waals surface area contributed by atoms with Gasteiger partial charge >= 0.3 is 0 Å². The van der Waals surface area contributed by atoms with E-state index in [2.05, 4.69) is 37.5 Å². The molecule has 1 aliphatic rings. The normalized spacial score (nSPS) is 19.4. The quantitative estimate of drug-likeness (QED) is 0.536. The van der Waals surface area contributed by atoms with Crippen LogP contribution in [0.15, 0.2) is 48.7 Å². The first-order valence-electron chi connectivity index (χ1n) is 10.2. The minimum Gasteiger partial charge on any atom is -0.392 e. The van der Waals surface area contributed by atoms with Gasteiger partial charge in [0.15, 0.2) is 5.65 Å². The van der Waals surface area contributed by atoms with Gasteiger partial charge in [0, 0.05) is 43.7 Å². The smallest absolute Gasteiger partial charge is 0.220 e. The molecule has 0 aliphatic carbocycles. The van der Waals surface area contributed by atoms with Crippen molar-refractivity contribution < 1.29 is 9.90 Å². The number of benzene rings is 1. The van der Waals surface area contributed by atoms with Gasteiger partial charge in [-0.3, -0.25) is 14.8 Å². The summed E-state index contributed by atoms with van der Waals surface area (Å²) < 4.78 is 0. The van der Waals surface area contributed by atoms with E-state index >= 15 is 0 Å². The molecule has 2 aromatic heterocycles. The van der Waals surface area contributed by atoms with Gasteiger partial charge in [-0.25, -0.2) is 4.98 Å². The number of aryl methyl sites for hydroxylation is 1. The van der Waals surface area contributed by atoms with Crippen molar-refractivity contribution in [2.24, 2.45) is 0 Å². The molecular formula is C22H28ClN5O2. The summed E-state index contributed by atoms with van der Waals surface area (Å²) in [5.74, 6) is 0.0520. The Morgan fingerprint density at radius 1 is 1.20 bits per heavy atom. The summed E-state index contributed by atoms with van der Waals surface area (Å²) in [5, 5.41) is 21.7. The van der Waals surface area contributed by atoms with E-state index in [-0.39, 0.29) is 24.4 Å². The summed E-state index contributed by atoms with van der Waals surface area (Å²) in [5.41, 5.74) is 2.93. The van der Waals surface area contributed by atoms with Crippen LogP contribution in [0.1, 0.15) is 30.5 Å². The summed E-state index contributed by atoms with van der Waals surface area (Å²) in [6.07, 6.45) is 4.08. The molecule has 3 aromatic rings. The summed E-state index contributed by atoms with van der Waals surface area (Å²) in [6, 6.07) is 14.1. The average molecular weight is 430 g/mol. The third-order valence-corrected chi connectivity index (χ3v) is 5.37. The van der Waals surface area contributed by atoms with E-state index in [1.165, 1.54) is 5.56 Å². The zero-order valence-electron chi connectivity index (χ0n) is 16.8. The Hall–Kier alpha value is -2.48. The van der Waals surface area contributed by atoms with E-state index < -0.39 is 6.10 Å². The molecule has 1 fully saturated rings. The van der Waals surface area contributed by atoms with Crippen LogP contribution in [-0.4, -0.2) is 56.3 Å². The second-order valence-corrected chi connectivity index (χ2v) is 7.76. The van der Waals surface area contributed by atoms with Crippen molar-refractivity contribution in [1.29, 1.82) is 0 Å². The summed E-state index contributed by atoms with van der Waals surface area (Å²) >= 11 is 0. The van der Waals surface area contributed by atoms with E-state index in [9.17, 15) is 9.90 Å². The van der Waals surface area contributed by atoms with Gasteiger partial charge in [-0.1, -0.05) is 30.3 Å². The third kappa shape index (κ3) is 5.78. The number of aromatic amines is 1. The number of aliphatic hydroxyl groups is 1. The Labute approximate surface area is 182 Å². The van der Waals surface area contributed by atoms with Gasteiger partial charge in [-0.2, -0.15) is 5.10 Å². The van der Waals surface area contributed by atoms with Gasteiger partial charge in [0.05, 0.1) is 11.8 Å². The van der Waals surface area contributed by atoms with Gasteiger partial charge in [-0.05, 0) is 37.0 Å². The van der Waals surface area contributed by atoms with Crippen molar-refractivity contribution in [2.75, 3.05) is 13.1 Å². The number of carbonyl (C=O) groups excluding carboxylic acids is 1. The van der Waals surface area contributed by atoms with Gasteiger partial charge in [0.1, 0.15) is 0 Å². The number of nitrogens with one attached hydrogen (secondary N) is 2. The molecule has 8 heteroatoms. The number of piperidine rings is 1. The van der Waals surface area contributed by atoms with Crippen LogP contribution in [0.4, 0.5) is 0 Å². The number of nitrogens with zero attached hydrogens (tertiary/aromatic N) is 3. The molecule has 3 heterocycles. The minimum atomic E-state index is -0.453. The Balaban J connectivity index is 0.00000256. The number of pyridine rings is 1. The van der Waals surface area contributed by atoms with Gasteiger partial charge in [0.25, 0.3) is 0 Å². The number of hydrogen-bond donors (Lipinski definition) is 3. The van der Waals surface area contributed by atoms with Crippen molar-refractivity contribution in [3.8, 4) is 0 Å².